The summed E-state index contributed by atoms with van der Waals surface area (Å²) in [6.45, 7) is 2.46. The molecule has 0 aliphatic carbocycles. The molecule has 0 saturated carbocycles. The molecule has 154 valence electrons. The summed E-state index contributed by atoms with van der Waals surface area (Å²) >= 11 is 0. The van der Waals surface area contributed by atoms with Gasteiger partial charge in [0.2, 0.25) is 0 Å². The van der Waals surface area contributed by atoms with Gasteiger partial charge in [-0.05, 0) is 60.9 Å². The van der Waals surface area contributed by atoms with Gasteiger partial charge in [0.15, 0.2) is 5.96 Å². The van der Waals surface area contributed by atoms with Crippen molar-refractivity contribution in [2.75, 3.05) is 13.6 Å². The summed E-state index contributed by atoms with van der Waals surface area (Å²) in [7, 11) is 1.67. The number of guanidine groups is 1. The third-order valence-corrected chi connectivity index (χ3v) is 4.41. The largest absolute Gasteiger partial charge is 0.356 e. The van der Waals surface area contributed by atoms with Gasteiger partial charge in [-0.25, -0.2) is 13.5 Å². The van der Waals surface area contributed by atoms with Crippen LogP contribution in [0.5, 0.6) is 0 Å². The molecule has 0 saturated heterocycles. The smallest absolute Gasteiger partial charge is 0.191 e. The van der Waals surface area contributed by atoms with Gasteiger partial charge in [-0.15, -0.1) is 24.0 Å². The van der Waals surface area contributed by atoms with E-state index in [0.717, 1.165) is 23.4 Å². The molecule has 0 spiro atoms. The van der Waals surface area contributed by atoms with Crippen LogP contribution >= 0.6 is 24.0 Å². The highest BCUT2D eigenvalue weighted by atomic mass is 127. The molecular formula is C21H24F2IN5. The van der Waals surface area contributed by atoms with Crippen LogP contribution in [-0.2, 0) is 6.42 Å². The van der Waals surface area contributed by atoms with Crippen molar-refractivity contribution in [3.63, 3.8) is 0 Å². The van der Waals surface area contributed by atoms with Crippen LogP contribution in [0, 0.1) is 11.6 Å². The molecule has 2 aromatic carbocycles. The second-order valence-electron chi connectivity index (χ2n) is 6.40. The standard InChI is InChI=1S/C21H23F2N5.HI/c1-15(16-5-3-6-19(14-16)28-12-4-10-26-28)27-21(24-2)25-11-9-17-13-18(22)7-8-20(17)23;/h3-8,10,12-15H,9,11H2,1-2H3,(H2,24,25,27);1H. The fraction of sp³-hybridized carbons (Fsp3) is 0.238. The van der Waals surface area contributed by atoms with Crippen LogP contribution in [0.15, 0.2) is 65.9 Å². The summed E-state index contributed by atoms with van der Waals surface area (Å²) in [6.07, 6.45) is 3.98. The van der Waals surface area contributed by atoms with Crippen LogP contribution in [0.25, 0.3) is 5.69 Å². The molecule has 3 aromatic rings. The zero-order valence-electron chi connectivity index (χ0n) is 16.3. The summed E-state index contributed by atoms with van der Waals surface area (Å²) < 4.78 is 28.8. The summed E-state index contributed by atoms with van der Waals surface area (Å²) in [5, 5.41) is 10.7. The first-order valence-corrected chi connectivity index (χ1v) is 9.08. The normalized spacial score (nSPS) is 12.2. The van der Waals surface area contributed by atoms with Gasteiger partial charge in [0, 0.05) is 26.0 Å². The molecule has 0 bridgehead atoms. The molecule has 1 unspecified atom stereocenters. The number of aromatic nitrogens is 2. The maximum absolute atomic E-state index is 13.7. The molecule has 8 heteroatoms. The first-order chi connectivity index (χ1) is 13.6. The summed E-state index contributed by atoms with van der Waals surface area (Å²) in [5.74, 6) is -0.256. The van der Waals surface area contributed by atoms with Crippen molar-refractivity contribution in [1.29, 1.82) is 0 Å². The average molecular weight is 511 g/mol. The molecule has 1 heterocycles. The Hall–Kier alpha value is -2.49. The zero-order chi connectivity index (χ0) is 19.9. The second kappa shape index (κ2) is 10.9. The Morgan fingerprint density at radius 1 is 1.17 bits per heavy atom. The fourth-order valence-corrected chi connectivity index (χ4v) is 2.89. The van der Waals surface area contributed by atoms with E-state index in [2.05, 4.69) is 26.8 Å². The Bertz CT molecular complexity index is 944. The molecule has 0 aliphatic heterocycles. The van der Waals surface area contributed by atoms with Crippen LogP contribution in [0.1, 0.15) is 24.1 Å². The van der Waals surface area contributed by atoms with E-state index in [1.54, 1.807) is 17.9 Å². The van der Waals surface area contributed by atoms with Crippen molar-refractivity contribution in [2.45, 2.75) is 19.4 Å². The lowest BCUT2D eigenvalue weighted by Crippen LogP contribution is -2.39. The first kappa shape index (κ1) is 22.8. The van der Waals surface area contributed by atoms with E-state index in [0.29, 0.717) is 24.5 Å². The number of benzene rings is 2. The molecule has 1 aromatic heterocycles. The van der Waals surface area contributed by atoms with Gasteiger partial charge in [0.25, 0.3) is 0 Å². The summed E-state index contributed by atoms with van der Waals surface area (Å²) in [6, 6.07) is 13.4. The molecule has 5 nitrogen and oxygen atoms in total. The topological polar surface area (TPSA) is 54.2 Å². The van der Waals surface area contributed by atoms with Crippen LogP contribution < -0.4 is 10.6 Å². The third-order valence-electron chi connectivity index (χ3n) is 4.41. The summed E-state index contributed by atoms with van der Waals surface area (Å²) in [4.78, 5) is 4.21. The van der Waals surface area contributed by atoms with Crippen LogP contribution in [0.2, 0.25) is 0 Å². The van der Waals surface area contributed by atoms with Crippen molar-refractivity contribution in [2.24, 2.45) is 4.99 Å². The molecule has 1 atom stereocenters. The average Bonchev–Trinajstić information content (AvgIpc) is 3.24. The van der Waals surface area contributed by atoms with Crippen molar-refractivity contribution in [3.05, 3.63) is 83.7 Å². The molecule has 2 N–H and O–H groups in total. The maximum Gasteiger partial charge on any atom is 0.191 e. The first-order valence-electron chi connectivity index (χ1n) is 9.08. The molecule has 0 fully saturated rings. The van der Waals surface area contributed by atoms with Gasteiger partial charge in [-0.1, -0.05) is 12.1 Å². The van der Waals surface area contributed by atoms with Crippen LogP contribution in [-0.4, -0.2) is 29.3 Å². The highest BCUT2D eigenvalue weighted by molar-refractivity contribution is 14.0. The van der Waals surface area contributed by atoms with Gasteiger partial charge in [0.1, 0.15) is 11.6 Å². The molecule has 3 rings (SSSR count). The Balaban J connectivity index is 0.00000300. The molecule has 0 amide bonds. The maximum atomic E-state index is 13.7. The predicted octanol–water partition coefficient (Wildman–Crippen LogP) is 4.24. The fourth-order valence-electron chi connectivity index (χ4n) is 2.89. The number of nitrogens with one attached hydrogen (secondary N) is 2. The van der Waals surface area contributed by atoms with Gasteiger partial charge < -0.3 is 10.6 Å². The lowest BCUT2D eigenvalue weighted by atomic mass is 10.1. The number of hydrogen-bond acceptors (Lipinski definition) is 2. The van der Waals surface area contributed by atoms with Crippen molar-refractivity contribution >= 4 is 29.9 Å². The Kier molecular flexibility index (Phi) is 8.56. The molecular weight excluding hydrogens is 487 g/mol. The summed E-state index contributed by atoms with van der Waals surface area (Å²) in [5.41, 5.74) is 2.38. The van der Waals surface area contributed by atoms with Crippen molar-refractivity contribution in [3.8, 4) is 5.69 Å². The van der Waals surface area contributed by atoms with Gasteiger partial charge in [-0.3, -0.25) is 4.99 Å². The van der Waals surface area contributed by atoms with Crippen molar-refractivity contribution < 1.29 is 8.78 Å². The number of halogens is 3. The quantitative estimate of drug-likeness (QED) is 0.296. The Morgan fingerprint density at radius 3 is 2.72 bits per heavy atom. The monoisotopic (exact) mass is 511 g/mol. The number of nitrogens with zero attached hydrogens (tertiary/aromatic N) is 3. The van der Waals surface area contributed by atoms with E-state index >= 15 is 0 Å². The number of hydrogen-bond donors (Lipinski definition) is 2. The molecule has 29 heavy (non-hydrogen) atoms. The van der Waals surface area contributed by atoms with Gasteiger partial charge in [-0.2, -0.15) is 5.10 Å². The molecule has 0 aliphatic rings. The number of rotatable bonds is 6. The Labute approximate surface area is 186 Å². The van der Waals surface area contributed by atoms with E-state index in [4.69, 9.17) is 0 Å². The van der Waals surface area contributed by atoms with Gasteiger partial charge >= 0.3 is 0 Å². The van der Waals surface area contributed by atoms with E-state index in [-0.39, 0.29) is 30.0 Å². The highest BCUT2D eigenvalue weighted by Crippen LogP contribution is 2.16. The minimum Gasteiger partial charge on any atom is -0.356 e. The lowest BCUT2D eigenvalue weighted by molar-refractivity contribution is 0.582. The highest BCUT2D eigenvalue weighted by Gasteiger charge is 2.10. The van der Waals surface area contributed by atoms with E-state index in [9.17, 15) is 8.78 Å². The number of aliphatic imine (C=N–C) groups is 1. The predicted molar refractivity (Wildman–Crippen MR) is 122 cm³/mol. The van der Waals surface area contributed by atoms with Gasteiger partial charge in [0.05, 0.1) is 11.7 Å². The van der Waals surface area contributed by atoms with E-state index in [1.165, 1.54) is 6.07 Å². The molecule has 0 radical (unpaired) electrons. The minimum atomic E-state index is -0.440. The minimum absolute atomic E-state index is 0. The lowest BCUT2D eigenvalue weighted by Gasteiger charge is -2.19. The van der Waals surface area contributed by atoms with Crippen LogP contribution in [0.4, 0.5) is 8.78 Å². The van der Waals surface area contributed by atoms with E-state index < -0.39 is 11.6 Å². The van der Waals surface area contributed by atoms with E-state index in [1.807, 2.05) is 37.4 Å². The van der Waals surface area contributed by atoms with Crippen molar-refractivity contribution in [1.82, 2.24) is 20.4 Å². The SMILES string of the molecule is CN=C(NCCc1cc(F)ccc1F)NC(C)c1cccc(-n2cccn2)c1.I. The zero-order valence-corrected chi connectivity index (χ0v) is 18.6. The third kappa shape index (κ3) is 6.25. The second-order valence-corrected chi connectivity index (χ2v) is 6.40. The Morgan fingerprint density at radius 2 is 2.00 bits per heavy atom. The van der Waals surface area contributed by atoms with Crippen LogP contribution in [0.3, 0.4) is 0 Å².